The molecule has 3 N–H and O–H groups in total. The van der Waals surface area contributed by atoms with Crippen LogP contribution in [0, 0.1) is 5.82 Å². The number of rotatable bonds is 8. The van der Waals surface area contributed by atoms with Crippen LogP contribution in [0.5, 0.6) is 0 Å². The van der Waals surface area contributed by atoms with Crippen LogP contribution in [0.1, 0.15) is 18.1 Å². The Hall–Kier alpha value is -3.74. The van der Waals surface area contributed by atoms with Crippen LogP contribution in [-0.4, -0.2) is 35.0 Å². The summed E-state index contributed by atoms with van der Waals surface area (Å²) in [6, 6.07) is 16.8. The van der Waals surface area contributed by atoms with Gasteiger partial charge in [0.05, 0.1) is 0 Å². The number of amides is 2. The maximum atomic E-state index is 13.5. The molecule has 0 aliphatic heterocycles. The highest BCUT2D eigenvalue weighted by atomic mass is 19.1. The first-order valence-electron chi connectivity index (χ1n) is 9.84. The van der Waals surface area contributed by atoms with Crippen molar-refractivity contribution in [3.8, 4) is 0 Å². The quantitative estimate of drug-likeness (QED) is 0.520. The van der Waals surface area contributed by atoms with Gasteiger partial charge in [-0.15, -0.1) is 0 Å². The first kappa shape index (κ1) is 22.0. The van der Waals surface area contributed by atoms with Crippen LogP contribution in [0.25, 0.3) is 10.8 Å². The van der Waals surface area contributed by atoms with Gasteiger partial charge in [0.2, 0.25) is 11.8 Å². The SMILES string of the molecule is CC(=O)N[C@@H](Cc1cccc(F)c1)C(=O)N[C@@H](Cc1ccc2ccccc2c1)C(=O)O. The second-order valence-electron chi connectivity index (χ2n) is 7.37. The average Bonchev–Trinajstić information content (AvgIpc) is 2.72. The monoisotopic (exact) mass is 422 g/mol. The van der Waals surface area contributed by atoms with E-state index in [0.717, 1.165) is 16.3 Å². The van der Waals surface area contributed by atoms with E-state index in [1.807, 2.05) is 42.5 Å². The number of carboxylic acids is 1. The van der Waals surface area contributed by atoms with Gasteiger partial charge in [0, 0.05) is 19.8 Å². The van der Waals surface area contributed by atoms with Crippen molar-refractivity contribution in [1.82, 2.24) is 10.6 Å². The van der Waals surface area contributed by atoms with Gasteiger partial charge in [-0.05, 0) is 34.0 Å². The largest absolute Gasteiger partial charge is 0.480 e. The van der Waals surface area contributed by atoms with E-state index < -0.39 is 35.7 Å². The lowest BCUT2D eigenvalue weighted by Crippen LogP contribution is -2.52. The third kappa shape index (κ3) is 6.12. The molecule has 0 aliphatic carbocycles. The van der Waals surface area contributed by atoms with Gasteiger partial charge in [-0.1, -0.05) is 54.6 Å². The van der Waals surface area contributed by atoms with Crippen molar-refractivity contribution in [1.29, 1.82) is 0 Å². The molecule has 0 saturated carbocycles. The van der Waals surface area contributed by atoms with Gasteiger partial charge in [0.1, 0.15) is 17.9 Å². The molecule has 0 aliphatic rings. The Morgan fingerprint density at radius 2 is 1.52 bits per heavy atom. The molecule has 0 bridgehead atoms. The van der Waals surface area contributed by atoms with E-state index in [-0.39, 0.29) is 12.8 Å². The molecule has 2 atom stereocenters. The average molecular weight is 422 g/mol. The lowest BCUT2D eigenvalue weighted by atomic mass is 10.0. The van der Waals surface area contributed by atoms with Crippen molar-refractivity contribution in [2.75, 3.05) is 0 Å². The minimum Gasteiger partial charge on any atom is -0.480 e. The zero-order valence-corrected chi connectivity index (χ0v) is 17.0. The predicted molar refractivity (Wildman–Crippen MR) is 115 cm³/mol. The van der Waals surface area contributed by atoms with Crippen molar-refractivity contribution >= 4 is 28.6 Å². The van der Waals surface area contributed by atoms with Crippen molar-refractivity contribution < 1.29 is 23.9 Å². The molecule has 3 aromatic carbocycles. The third-order valence-corrected chi connectivity index (χ3v) is 4.89. The van der Waals surface area contributed by atoms with Gasteiger partial charge in [0.25, 0.3) is 0 Å². The van der Waals surface area contributed by atoms with E-state index in [0.29, 0.717) is 5.56 Å². The van der Waals surface area contributed by atoms with Crippen molar-refractivity contribution in [2.24, 2.45) is 0 Å². The normalized spacial score (nSPS) is 12.7. The number of carboxylic acid groups (broad SMARTS) is 1. The zero-order valence-electron chi connectivity index (χ0n) is 17.0. The molecule has 160 valence electrons. The lowest BCUT2D eigenvalue weighted by Gasteiger charge is -2.21. The number of nitrogens with one attached hydrogen (secondary N) is 2. The molecule has 31 heavy (non-hydrogen) atoms. The Morgan fingerprint density at radius 3 is 2.19 bits per heavy atom. The maximum Gasteiger partial charge on any atom is 0.326 e. The van der Waals surface area contributed by atoms with Crippen LogP contribution in [-0.2, 0) is 27.2 Å². The summed E-state index contributed by atoms with van der Waals surface area (Å²) in [6.45, 7) is 1.26. The van der Waals surface area contributed by atoms with Crippen LogP contribution >= 0.6 is 0 Å². The Labute approximate surface area is 179 Å². The highest BCUT2D eigenvalue weighted by Crippen LogP contribution is 2.17. The van der Waals surface area contributed by atoms with Gasteiger partial charge in [-0.2, -0.15) is 0 Å². The fourth-order valence-corrected chi connectivity index (χ4v) is 3.43. The third-order valence-electron chi connectivity index (χ3n) is 4.89. The summed E-state index contributed by atoms with van der Waals surface area (Å²) in [6.07, 6.45) is 0.115. The number of carbonyl (C=O) groups excluding carboxylic acids is 2. The summed E-state index contributed by atoms with van der Waals surface area (Å²) in [5.74, 6) is -2.74. The summed E-state index contributed by atoms with van der Waals surface area (Å²) in [4.78, 5) is 36.2. The highest BCUT2D eigenvalue weighted by Gasteiger charge is 2.26. The minimum atomic E-state index is -1.19. The first-order valence-corrected chi connectivity index (χ1v) is 9.84. The van der Waals surface area contributed by atoms with Crippen molar-refractivity contribution in [3.05, 3.63) is 83.7 Å². The highest BCUT2D eigenvalue weighted by molar-refractivity contribution is 5.90. The Morgan fingerprint density at radius 1 is 0.839 bits per heavy atom. The second-order valence-corrected chi connectivity index (χ2v) is 7.37. The maximum absolute atomic E-state index is 13.5. The molecular formula is C24H23FN2O4. The molecule has 0 spiro atoms. The molecular weight excluding hydrogens is 399 g/mol. The topological polar surface area (TPSA) is 95.5 Å². The molecule has 0 saturated heterocycles. The molecule has 0 fully saturated rings. The summed E-state index contributed by atoms with van der Waals surface area (Å²) in [7, 11) is 0. The smallest absolute Gasteiger partial charge is 0.326 e. The number of carbonyl (C=O) groups is 3. The number of benzene rings is 3. The molecule has 7 heteroatoms. The molecule has 3 aromatic rings. The molecule has 0 aromatic heterocycles. The van der Waals surface area contributed by atoms with Crippen LogP contribution < -0.4 is 10.6 Å². The molecule has 3 rings (SSSR count). The second kappa shape index (κ2) is 9.84. The molecule has 2 amide bonds. The van der Waals surface area contributed by atoms with Gasteiger partial charge < -0.3 is 15.7 Å². The fraction of sp³-hybridized carbons (Fsp3) is 0.208. The molecule has 0 unspecified atom stereocenters. The zero-order chi connectivity index (χ0) is 22.4. The van der Waals surface area contributed by atoms with Crippen LogP contribution in [0.4, 0.5) is 4.39 Å². The number of aliphatic carboxylic acids is 1. The van der Waals surface area contributed by atoms with Gasteiger partial charge >= 0.3 is 5.97 Å². The number of halogens is 1. The first-order chi connectivity index (χ1) is 14.8. The molecule has 0 radical (unpaired) electrons. The summed E-state index contributed by atoms with van der Waals surface area (Å²) >= 11 is 0. The fourth-order valence-electron chi connectivity index (χ4n) is 3.43. The van der Waals surface area contributed by atoms with E-state index in [1.54, 1.807) is 6.07 Å². The summed E-state index contributed by atoms with van der Waals surface area (Å²) < 4.78 is 13.5. The summed E-state index contributed by atoms with van der Waals surface area (Å²) in [5, 5.41) is 16.7. The molecule has 0 heterocycles. The van der Waals surface area contributed by atoms with Gasteiger partial charge in [-0.3, -0.25) is 9.59 Å². The molecule has 6 nitrogen and oxygen atoms in total. The number of fused-ring (bicyclic) bond motifs is 1. The van der Waals surface area contributed by atoms with E-state index in [4.69, 9.17) is 0 Å². The Kier molecular flexibility index (Phi) is 6.97. The standard InChI is InChI=1S/C24H23FN2O4/c1-15(28)26-21(13-16-5-4-8-20(25)12-16)23(29)27-22(24(30)31)14-17-9-10-18-6-2-3-7-19(18)11-17/h2-12,21-22H,13-14H2,1H3,(H,26,28)(H,27,29)(H,30,31)/t21-,22-/m0/s1. The van der Waals surface area contributed by atoms with Crippen LogP contribution in [0.3, 0.4) is 0 Å². The Bertz CT molecular complexity index is 1120. The van der Waals surface area contributed by atoms with Gasteiger partial charge in [0.15, 0.2) is 0 Å². The Balaban J connectivity index is 1.75. The number of hydrogen-bond acceptors (Lipinski definition) is 3. The van der Waals surface area contributed by atoms with Gasteiger partial charge in [-0.25, -0.2) is 9.18 Å². The van der Waals surface area contributed by atoms with Crippen LogP contribution in [0.2, 0.25) is 0 Å². The summed E-state index contributed by atoms with van der Waals surface area (Å²) in [5.41, 5.74) is 1.27. The lowest BCUT2D eigenvalue weighted by molar-refractivity contribution is -0.142. The van der Waals surface area contributed by atoms with Crippen molar-refractivity contribution in [3.63, 3.8) is 0 Å². The van der Waals surface area contributed by atoms with E-state index in [9.17, 15) is 23.9 Å². The van der Waals surface area contributed by atoms with E-state index in [1.165, 1.54) is 25.1 Å². The van der Waals surface area contributed by atoms with Crippen molar-refractivity contribution in [2.45, 2.75) is 31.8 Å². The predicted octanol–water partition coefficient (Wildman–Crippen LogP) is 2.84. The van der Waals surface area contributed by atoms with Crippen LogP contribution in [0.15, 0.2) is 66.7 Å². The minimum absolute atomic E-state index is 0.0332. The van der Waals surface area contributed by atoms with E-state index >= 15 is 0 Å². The van der Waals surface area contributed by atoms with E-state index in [2.05, 4.69) is 10.6 Å². The number of hydrogen-bond donors (Lipinski definition) is 3.